The number of imide groups is 1. The molecule has 0 bridgehead atoms. The van der Waals surface area contributed by atoms with E-state index in [1.807, 2.05) is 0 Å². The van der Waals surface area contributed by atoms with Gasteiger partial charge < -0.3 is 10.2 Å². The number of hydrogen-bond acceptors (Lipinski definition) is 4. The summed E-state index contributed by atoms with van der Waals surface area (Å²) in [6, 6.07) is 7.03. The number of amides is 4. The highest BCUT2D eigenvalue weighted by atomic mass is 16.2. The average Bonchev–Trinajstić information content (AvgIpc) is 3.06. The van der Waals surface area contributed by atoms with Crippen LogP contribution in [0.3, 0.4) is 0 Å². The molecule has 0 aliphatic carbocycles. The minimum atomic E-state index is -0.156. The number of unbranched alkanes of at least 4 members (excludes halogenated alkanes) is 1. The van der Waals surface area contributed by atoms with Crippen LogP contribution in [0.25, 0.3) is 0 Å². The van der Waals surface area contributed by atoms with E-state index in [0.29, 0.717) is 25.2 Å². The van der Waals surface area contributed by atoms with Crippen LogP contribution in [0.5, 0.6) is 0 Å². The molecule has 0 radical (unpaired) electrons. The van der Waals surface area contributed by atoms with E-state index in [-0.39, 0.29) is 48.9 Å². The summed E-state index contributed by atoms with van der Waals surface area (Å²) < 4.78 is 0. The molecule has 7 nitrogen and oxygen atoms in total. The van der Waals surface area contributed by atoms with Crippen LogP contribution in [-0.4, -0.2) is 53.1 Å². The van der Waals surface area contributed by atoms with Gasteiger partial charge in [-0.15, -0.1) is 0 Å². The van der Waals surface area contributed by atoms with E-state index in [0.717, 1.165) is 31.2 Å². The van der Waals surface area contributed by atoms with Crippen LogP contribution < -0.4 is 5.32 Å². The zero-order valence-corrected chi connectivity index (χ0v) is 17.0. The number of carbonyl (C=O) groups excluding carboxylic acids is 4. The first-order valence-electron chi connectivity index (χ1n) is 10.5. The molecule has 1 atom stereocenters. The molecule has 4 amide bonds. The predicted octanol–water partition coefficient (Wildman–Crippen LogP) is 2.10. The van der Waals surface area contributed by atoms with Gasteiger partial charge in [-0.3, -0.25) is 24.1 Å². The Morgan fingerprint density at radius 3 is 2.45 bits per heavy atom. The van der Waals surface area contributed by atoms with E-state index in [4.69, 9.17) is 0 Å². The van der Waals surface area contributed by atoms with Crippen molar-refractivity contribution in [2.75, 3.05) is 19.6 Å². The van der Waals surface area contributed by atoms with Gasteiger partial charge in [0.2, 0.25) is 17.7 Å². The third-order valence-corrected chi connectivity index (χ3v) is 5.61. The van der Waals surface area contributed by atoms with Crippen LogP contribution in [0.1, 0.15) is 61.4 Å². The molecule has 1 unspecified atom stereocenters. The van der Waals surface area contributed by atoms with Crippen molar-refractivity contribution >= 4 is 23.6 Å². The van der Waals surface area contributed by atoms with Crippen LogP contribution in [0.2, 0.25) is 0 Å². The third kappa shape index (κ3) is 5.22. The van der Waals surface area contributed by atoms with Crippen LogP contribution in [0.4, 0.5) is 0 Å². The summed E-state index contributed by atoms with van der Waals surface area (Å²) in [5, 5.41) is 2.96. The highest BCUT2D eigenvalue weighted by Gasteiger charge is 2.30. The summed E-state index contributed by atoms with van der Waals surface area (Å²) >= 11 is 0. The minimum absolute atomic E-state index is 0.0336. The maximum atomic E-state index is 12.9. The van der Waals surface area contributed by atoms with Crippen molar-refractivity contribution in [2.24, 2.45) is 5.92 Å². The Bertz CT molecular complexity index is 759. The molecule has 2 aliphatic rings. The van der Waals surface area contributed by atoms with Gasteiger partial charge in [-0.1, -0.05) is 25.5 Å². The lowest BCUT2D eigenvalue weighted by Gasteiger charge is -2.32. The van der Waals surface area contributed by atoms with Crippen molar-refractivity contribution in [3.63, 3.8) is 0 Å². The molecule has 1 aromatic rings. The van der Waals surface area contributed by atoms with Gasteiger partial charge in [0.1, 0.15) is 0 Å². The topological polar surface area (TPSA) is 86.8 Å². The van der Waals surface area contributed by atoms with Crippen molar-refractivity contribution in [1.29, 1.82) is 0 Å². The van der Waals surface area contributed by atoms with Gasteiger partial charge in [-0.25, -0.2) is 0 Å². The van der Waals surface area contributed by atoms with E-state index in [1.54, 1.807) is 29.2 Å². The molecule has 1 N–H and O–H groups in total. The fraction of sp³-hybridized carbons (Fsp3) is 0.545. The van der Waals surface area contributed by atoms with E-state index < -0.39 is 0 Å². The number of carbonyl (C=O) groups is 4. The lowest BCUT2D eigenvalue weighted by Crippen LogP contribution is -2.45. The third-order valence-electron chi connectivity index (χ3n) is 5.61. The molecule has 2 heterocycles. The molecule has 0 aromatic heterocycles. The summed E-state index contributed by atoms with van der Waals surface area (Å²) in [6.07, 6.45) is 4.16. The van der Waals surface area contributed by atoms with Crippen LogP contribution in [0, 0.1) is 5.92 Å². The zero-order chi connectivity index (χ0) is 20.8. The van der Waals surface area contributed by atoms with Crippen LogP contribution >= 0.6 is 0 Å². The van der Waals surface area contributed by atoms with Crippen molar-refractivity contribution in [2.45, 2.75) is 52.0 Å². The Labute approximate surface area is 171 Å². The normalized spacial score (nSPS) is 19.6. The lowest BCUT2D eigenvalue weighted by molar-refractivity contribution is -0.139. The summed E-state index contributed by atoms with van der Waals surface area (Å²) in [4.78, 5) is 51.7. The highest BCUT2D eigenvalue weighted by Crippen LogP contribution is 2.20. The largest absolute Gasteiger partial charge is 0.356 e. The van der Waals surface area contributed by atoms with E-state index in [9.17, 15) is 19.2 Å². The second kappa shape index (κ2) is 9.67. The molecule has 29 heavy (non-hydrogen) atoms. The van der Waals surface area contributed by atoms with Gasteiger partial charge in [0, 0.05) is 38.0 Å². The molecule has 156 valence electrons. The number of likely N-dealkylation sites (tertiary alicyclic amines) is 2. The van der Waals surface area contributed by atoms with E-state index in [2.05, 4.69) is 12.2 Å². The lowest BCUT2D eigenvalue weighted by atomic mass is 9.96. The Morgan fingerprint density at radius 2 is 1.79 bits per heavy atom. The average molecular weight is 399 g/mol. The molecular formula is C22H29N3O4. The van der Waals surface area contributed by atoms with Gasteiger partial charge >= 0.3 is 0 Å². The second-order valence-electron chi connectivity index (χ2n) is 7.81. The zero-order valence-electron chi connectivity index (χ0n) is 17.0. The quantitative estimate of drug-likeness (QED) is 0.562. The fourth-order valence-corrected chi connectivity index (χ4v) is 3.83. The van der Waals surface area contributed by atoms with Crippen LogP contribution in [-0.2, 0) is 20.9 Å². The number of nitrogens with one attached hydrogen (secondary N) is 1. The first-order chi connectivity index (χ1) is 14.0. The van der Waals surface area contributed by atoms with Crippen molar-refractivity contribution in [3.8, 4) is 0 Å². The minimum Gasteiger partial charge on any atom is -0.356 e. The van der Waals surface area contributed by atoms with Gasteiger partial charge in [-0.05, 0) is 37.0 Å². The SMILES string of the molecule is CCCCNC(=O)C1CCCN(C(=O)c2ccc(CN3C(=O)CCC3=O)cc2)C1. The van der Waals surface area contributed by atoms with Crippen molar-refractivity contribution in [3.05, 3.63) is 35.4 Å². The van der Waals surface area contributed by atoms with Gasteiger partial charge in [0.25, 0.3) is 5.91 Å². The molecule has 2 saturated heterocycles. The van der Waals surface area contributed by atoms with E-state index >= 15 is 0 Å². The Hall–Kier alpha value is -2.70. The van der Waals surface area contributed by atoms with Crippen molar-refractivity contribution < 1.29 is 19.2 Å². The van der Waals surface area contributed by atoms with Crippen LogP contribution in [0.15, 0.2) is 24.3 Å². The summed E-state index contributed by atoms with van der Waals surface area (Å²) in [7, 11) is 0. The number of benzene rings is 1. The Balaban J connectivity index is 1.57. The predicted molar refractivity (Wildman–Crippen MR) is 108 cm³/mol. The van der Waals surface area contributed by atoms with Crippen molar-refractivity contribution in [1.82, 2.24) is 15.1 Å². The Kier molecular flexibility index (Phi) is 7.01. The molecule has 7 heteroatoms. The van der Waals surface area contributed by atoms with Gasteiger partial charge in [0.05, 0.1) is 12.5 Å². The summed E-state index contributed by atoms with van der Waals surface area (Å²) in [5.74, 6) is -0.503. The number of rotatable bonds is 7. The molecule has 2 fully saturated rings. The maximum absolute atomic E-state index is 12.9. The first-order valence-corrected chi connectivity index (χ1v) is 10.5. The maximum Gasteiger partial charge on any atom is 0.253 e. The molecular weight excluding hydrogens is 370 g/mol. The highest BCUT2D eigenvalue weighted by molar-refractivity contribution is 6.01. The Morgan fingerprint density at radius 1 is 1.10 bits per heavy atom. The smallest absolute Gasteiger partial charge is 0.253 e. The summed E-state index contributed by atoms with van der Waals surface area (Å²) in [5.41, 5.74) is 1.37. The summed E-state index contributed by atoms with van der Waals surface area (Å²) in [6.45, 7) is 4.10. The molecule has 0 saturated carbocycles. The van der Waals surface area contributed by atoms with Gasteiger partial charge in [-0.2, -0.15) is 0 Å². The molecule has 3 rings (SSSR count). The monoisotopic (exact) mass is 399 g/mol. The number of hydrogen-bond donors (Lipinski definition) is 1. The molecule has 1 aromatic carbocycles. The second-order valence-corrected chi connectivity index (χ2v) is 7.81. The first kappa shape index (κ1) is 21.0. The van der Waals surface area contributed by atoms with E-state index in [1.165, 1.54) is 4.90 Å². The number of nitrogens with zero attached hydrogens (tertiary/aromatic N) is 2. The van der Waals surface area contributed by atoms with Gasteiger partial charge in [0.15, 0.2) is 0 Å². The molecule has 2 aliphatic heterocycles. The fourth-order valence-electron chi connectivity index (χ4n) is 3.83. The standard InChI is InChI=1S/C22H29N3O4/c1-2-3-12-23-21(28)18-5-4-13-24(15-18)22(29)17-8-6-16(7-9-17)14-25-19(26)10-11-20(25)27/h6-9,18H,2-5,10-15H2,1H3,(H,23,28). The molecule has 0 spiro atoms. The number of piperidine rings is 1.